The van der Waals surface area contributed by atoms with Gasteiger partial charge in [0.1, 0.15) is 0 Å². The van der Waals surface area contributed by atoms with E-state index in [0.29, 0.717) is 48.2 Å². The normalized spacial score (nSPS) is 10.6. The Hall–Kier alpha value is -3.88. The molecule has 0 radical (unpaired) electrons. The molecular formula is C23H28N6O3. The van der Waals surface area contributed by atoms with Gasteiger partial charge in [-0.1, -0.05) is 43.3 Å². The molecule has 32 heavy (non-hydrogen) atoms. The largest absolute Gasteiger partial charge is 0.339 e. The van der Waals surface area contributed by atoms with E-state index in [1.54, 1.807) is 24.3 Å². The lowest BCUT2D eigenvalue weighted by molar-refractivity contribution is 0.251. The van der Waals surface area contributed by atoms with Gasteiger partial charge in [0.05, 0.1) is 0 Å². The van der Waals surface area contributed by atoms with E-state index in [4.69, 9.17) is 4.52 Å². The summed E-state index contributed by atoms with van der Waals surface area (Å²) in [6.07, 6.45) is 1.27. The van der Waals surface area contributed by atoms with Crippen LogP contribution in [0.25, 0.3) is 0 Å². The standard InChI is InChI=1S/C23H28N6O3/c1-15(2)21-28-20(32-29-21)10-7-13-24-22(30)27-19-14-18(12-11-16(19)3)26-23(31)25-17-8-5-4-6-9-17/h4-6,8-9,11-12,14-15H,7,10,13H2,1-3H3,(H2,24,27,30)(H2,25,26,31). The van der Waals surface area contributed by atoms with E-state index in [9.17, 15) is 9.59 Å². The minimum atomic E-state index is -0.364. The van der Waals surface area contributed by atoms with Crippen molar-refractivity contribution < 1.29 is 14.1 Å². The van der Waals surface area contributed by atoms with Crippen LogP contribution in [0, 0.1) is 6.92 Å². The Morgan fingerprint density at radius 1 is 0.969 bits per heavy atom. The summed E-state index contributed by atoms with van der Waals surface area (Å²) >= 11 is 0. The Bertz CT molecular complexity index is 1050. The van der Waals surface area contributed by atoms with Gasteiger partial charge in [-0.15, -0.1) is 0 Å². The molecule has 0 fully saturated rings. The number of aromatic nitrogens is 2. The number of nitrogens with one attached hydrogen (secondary N) is 4. The van der Waals surface area contributed by atoms with E-state index in [0.717, 1.165) is 5.56 Å². The van der Waals surface area contributed by atoms with Gasteiger partial charge in [0, 0.05) is 35.9 Å². The second-order valence-corrected chi connectivity index (χ2v) is 7.66. The molecule has 0 spiro atoms. The summed E-state index contributed by atoms with van der Waals surface area (Å²) in [6, 6.07) is 13.8. The van der Waals surface area contributed by atoms with Crippen molar-refractivity contribution in [3.05, 3.63) is 65.8 Å². The van der Waals surface area contributed by atoms with Crippen LogP contribution in [0.3, 0.4) is 0 Å². The van der Waals surface area contributed by atoms with Crippen LogP contribution in [0.15, 0.2) is 53.1 Å². The number of nitrogens with zero attached hydrogens (tertiary/aromatic N) is 2. The number of amides is 4. The summed E-state index contributed by atoms with van der Waals surface area (Å²) in [4.78, 5) is 28.8. The van der Waals surface area contributed by atoms with Gasteiger partial charge < -0.3 is 25.8 Å². The van der Waals surface area contributed by atoms with Crippen LogP contribution in [0.1, 0.15) is 43.5 Å². The van der Waals surface area contributed by atoms with Gasteiger partial charge in [0.2, 0.25) is 5.89 Å². The average molecular weight is 437 g/mol. The van der Waals surface area contributed by atoms with Crippen LogP contribution < -0.4 is 21.3 Å². The first kappa shape index (κ1) is 22.8. The fourth-order valence-electron chi connectivity index (χ4n) is 2.86. The maximum absolute atomic E-state index is 12.3. The predicted octanol–water partition coefficient (Wildman–Crippen LogP) is 4.90. The van der Waals surface area contributed by atoms with Gasteiger partial charge in [0.15, 0.2) is 5.82 Å². The zero-order valence-corrected chi connectivity index (χ0v) is 18.4. The van der Waals surface area contributed by atoms with Crippen LogP contribution in [0.2, 0.25) is 0 Å². The molecule has 1 aromatic heterocycles. The first-order valence-corrected chi connectivity index (χ1v) is 10.5. The monoisotopic (exact) mass is 436 g/mol. The van der Waals surface area contributed by atoms with Crippen molar-refractivity contribution in [3.8, 4) is 0 Å². The summed E-state index contributed by atoms with van der Waals surface area (Å²) in [6.45, 7) is 6.35. The summed E-state index contributed by atoms with van der Waals surface area (Å²) in [5.74, 6) is 1.47. The predicted molar refractivity (Wildman–Crippen MR) is 124 cm³/mol. The zero-order chi connectivity index (χ0) is 22.9. The van der Waals surface area contributed by atoms with Crippen LogP contribution in [0.4, 0.5) is 26.7 Å². The minimum absolute atomic E-state index is 0.217. The number of carbonyl (C=O) groups is 2. The third-order valence-corrected chi connectivity index (χ3v) is 4.63. The van der Waals surface area contributed by atoms with Crippen molar-refractivity contribution in [3.63, 3.8) is 0 Å². The number of para-hydroxylation sites is 1. The molecule has 0 aliphatic carbocycles. The molecule has 2 aromatic carbocycles. The molecule has 0 unspecified atom stereocenters. The highest BCUT2D eigenvalue weighted by Crippen LogP contribution is 2.20. The lowest BCUT2D eigenvalue weighted by atomic mass is 10.2. The second kappa shape index (κ2) is 10.9. The molecule has 0 atom stereocenters. The maximum Gasteiger partial charge on any atom is 0.323 e. The Balaban J connectivity index is 1.46. The number of rotatable bonds is 8. The topological polar surface area (TPSA) is 121 Å². The molecule has 3 rings (SSSR count). The van der Waals surface area contributed by atoms with E-state index in [1.165, 1.54) is 0 Å². The molecule has 0 bridgehead atoms. The van der Waals surface area contributed by atoms with Crippen molar-refractivity contribution in [1.82, 2.24) is 15.5 Å². The average Bonchev–Trinajstić information content (AvgIpc) is 3.24. The van der Waals surface area contributed by atoms with Crippen molar-refractivity contribution in [2.75, 3.05) is 22.5 Å². The first-order chi connectivity index (χ1) is 15.4. The number of hydrogen-bond donors (Lipinski definition) is 4. The first-order valence-electron chi connectivity index (χ1n) is 10.5. The van der Waals surface area contributed by atoms with E-state index in [1.807, 2.05) is 45.0 Å². The van der Waals surface area contributed by atoms with Gasteiger partial charge in [-0.05, 0) is 43.2 Å². The van der Waals surface area contributed by atoms with Crippen LogP contribution in [-0.4, -0.2) is 28.7 Å². The highest BCUT2D eigenvalue weighted by Gasteiger charge is 2.10. The van der Waals surface area contributed by atoms with Gasteiger partial charge in [0.25, 0.3) is 0 Å². The molecular weight excluding hydrogens is 408 g/mol. The Morgan fingerprint density at radius 2 is 1.72 bits per heavy atom. The van der Waals surface area contributed by atoms with Crippen LogP contribution in [0.5, 0.6) is 0 Å². The van der Waals surface area contributed by atoms with Crippen LogP contribution >= 0.6 is 0 Å². The summed E-state index contributed by atoms with van der Waals surface area (Å²) in [5.41, 5.74) is 2.74. The molecule has 0 saturated carbocycles. The smallest absolute Gasteiger partial charge is 0.323 e. The molecule has 1 heterocycles. The number of aryl methyl sites for hydroxylation is 2. The Kier molecular flexibility index (Phi) is 7.80. The highest BCUT2D eigenvalue weighted by atomic mass is 16.5. The Labute approximate surface area is 187 Å². The van der Waals surface area contributed by atoms with Gasteiger partial charge in [-0.2, -0.15) is 4.98 Å². The van der Waals surface area contributed by atoms with E-state index >= 15 is 0 Å². The number of carbonyl (C=O) groups excluding carboxylic acids is 2. The number of urea groups is 2. The molecule has 4 amide bonds. The zero-order valence-electron chi connectivity index (χ0n) is 18.4. The third kappa shape index (κ3) is 6.83. The lowest BCUT2D eigenvalue weighted by Crippen LogP contribution is -2.30. The van der Waals surface area contributed by atoms with Crippen LogP contribution in [-0.2, 0) is 6.42 Å². The van der Waals surface area contributed by atoms with Crippen molar-refractivity contribution in [2.45, 2.75) is 39.5 Å². The molecule has 3 aromatic rings. The fraction of sp³-hybridized carbons (Fsp3) is 0.304. The molecule has 0 saturated heterocycles. The molecule has 0 aliphatic rings. The van der Waals surface area contributed by atoms with Gasteiger partial charge in [-0.25, -0.2) is 9.59 Å². The van der Waals surface area contributed by atoms with E-state index < -0.39 is 0 Å². The van der Waals surface area contributed by atoms with E-state index in [2.05, 4.69) is 31.4 Å². The molecule has 0 aliphatic heterocycles. The maximum atomic E-state index is 12.3. The minimum Gasteiger partial charge on any atom is -0.339 e. The molecule has 9 heteroatoms. The van der Waals surface area contributed by atoms with E-state index in [-0.39, 0.29) is 18.0 Å². The summed E-state index contributed by atoms with van der Waals surface area (Å²) in [5, 5.41) is 15.1. The number of benzene rings is 2. The van der Waals surface area contributed by atoms with Gasteiger partial charge in [-0.3, -0.25) is 0 Å². The molecule has 9 nitrogen and oxygen atoms in total. The van der Waals surface area contributed by atoms with Crippen molar-refractivity contribution in [2.24, 2.45) is 0 Å². The fourth-order valence-corrected chi connectivity index (χ4v) is 2.86. The molecule has 4 N–H and O–H groups in total. The molecule has 168 valence electrons. The second-order valence-electron chi connectivity index (χ2n) is 7.66. The van der Waals surface area contributed by atoms with Crippen molar-refractivity contribution >= 4 is 29.1 Å². The SMILES string of the molecule is Cc1ccc(NC(=O)Nc2ccccc2)cc1NC(=O)NCCCc1nc(C(C)C)no1. The number of anilines is 3. The Morgan fingerprint density at radius 3 is 2.44 bits per heavy atom. The van der Waals surface area contributed by atoms with Crippen molar-refractivity contribution in [1.29, 1.82) is 0 Å². The number of hydrogen-bond acceptors (Lipinski definition) is 5. The van der Waals surface area contributed by atoms with Gasteiger partial charge >= 0.3 is 12.1 Å². The highest BCUT2D eigenvalue weighted by molar-refractivity contribution is 6.00. The lowest BCUT2D eigenvalue weighted by Gasteiger charge is -2.13. The summed E-state index contributed by atoms with van der Waals surface area (Å²) in [7, 11) is 0. The third-order valence-electron chi connectivity index (χ3n) is 4.63. The summed E-state index contributed by atoms with van der Waals surface area (Å²) < 4.78 is 5.20. The quantitative estimate of drug-likeness (QED) is 0.374.